The molecule has 1 aromatic heterocycles. The highest BCUT2D eigenvalue weighted by Crippen LogP contribution is 2.28. The van der Waals surface area contributed by atoms with Gasteiger partial charge in [-0.15, -0.1) is 0 Å². The summed E-state index contributed by atoms with van der Waals surface area (Å²) in [7, 11) is 0. The van der Waals surface area contributed by atoms with Crippen LogP contribution in [0.4, 0.5) is 0 Å². The Morgan fingerprint density at radius 3 is 2.62 bits per heavy atom. The fraction of sp³-hybridized carbons (Fsp3) is 0.421. The highest BCUT2D eigenvalue weighted by atomic mass is 16.2. The van der Waals surface area contributed by atoms with Crippen molar-refractivity contribution in [1.82, 2.24) is 15.1 Å². The van der Waals surface area contributed by atoms with Gasteiger partial charge in [-0.05, 0) is 51.8 Å². The van der Waals surface area contributed by atoms with Crippen LogP contribution in [0.5, 0.6) is 0 Å². The van der Waals surface area contributed by atoms with Gasteiger partial charge in [0, 0.05) is 23.7 Å². The van der Waals surface area contributed by atoms with Gasteiger partial charge >= 0.3 is 0 Å². The van der Waals surface area contributed by atoms with Crippen molar-refractivity contribution in [3.8, 4) is 17.3 Å². The number of carbonyl (C=O) groups excluding carboxylic acids is 1. The molecule has 0 unspecified atom stereocenters. The molecular weight excluding hydrogens is 300 g/mol. The summed E-state index contributed by atoms with van der Waals surface area (Å²) >= 11 is 0. The van der Waals surface area contributed by atoms with Crippen LogP contribution in [0.3, 0.4) is 0 Å². The Kier molecular flexibility index (Phi) is 5.40. The van der Waals surface area contributed by atoms with Gasteiger partial charge in [0.05, 0.1) is 17.3 Å². The van der Waals surface area contributed by atoms with Crippen molar-refractivity contribution in [1.29, 1.82) is 5.26 Å². The maximum Gasteiger partial charge on any atom is 0.269 e. The molecule has 0 aliphatic heterocycles. The lowest BCUT2D eigenvalue weighted by molar-refractivity contribution is 0.0940. The number of rotatable bonds is 5. The number of aromatic nitrogens is 2. The second-order valence-corrected chi connectivity index (χ2v) is 6.26. The smallest absolute Gasteiger partial charge is 0.269 e. The van der Waals surface area contributed by atoms with Crippen LogP contribution < -0.4 is 5.32 Å². The lowest BCUT2D eigenvalue weighted by atomic mass is 10.0. The molecule has 0 aliphatic rings. The average molecular weight is 324 g/mol. The Labute approximate surface area is 143 Å². The Hall–Kier alpha value is -2.61. The van der Waals surface area contributed by atoms with Crippen LogP contribution in [-0.2, 0) is 0 Å². The third-order valence-corrected chi connectivity index (χ3v) is 4.01. The van der Waals surface area contributed by atoms with E-state index < -0.39 is 0 Å². The van der Waals surface area contributed by atoms with Gasteiger partial charge in [-0.3, -0.25) is 9.48 Å². The third kappa shape index (κ3) is 3.33. The predicted molar refractivity (Wildman–Crippen MR) is 94.9 cm³/mol. The maximum absolute atomic E-state index is 12.5. The number of aryl methyl sites for hydroxylation is 1. The fourth-order valence-corrected chi connectivity index (χ4v) is 2.70. The lowest BCUT2D eigenvalue weighted by Gasteiger charge is -2.11. The SMILES string of the molecule is CCCNC(=O)c1c(C)c(-c2ccc(C#N)c(C)c2)nn1C(C)C. The number of carbonyl (C=O) groups is 1. The van der Waals surface area contributed by atoms with Gasteiger partial charge in [-0.25, -0.2) is 0 Å². The molecule has 2 rings (SSSR count). The number of amides is 1. The van der Waals surface area contributed by atoms with Crippen LogP contribution >= 0.6 is 0 Å². The highest BCUT2D eigenvalue weighted by molar-refractivity contribution is 5.95. The number of nitrogens with zero attached hydrogens (tertiary/aromatic N) is 3. The van der Waals surface area contributed by atoms with Crippen LogP contribution in [0.2, 0.25) is 0 Å². The molecule has 126 valence electrons. The zero-order valence-corrected chi connectivity index (χ0v) is 15.0. The molecule has 0 saturated heterocycles. The van der Waals surface area contributed by atoms with Crippen molar-refractivity contribution in [2.45, 2.75) is 47.1 Å². The molecule has 0 fully saturated rings. The Bertz CT molecular complexity index is 796. The van der Waals surface area contributed by atoms with Crippen molar-refractivity contribution in [3.05, 3.63) is 40.6 Å². The summed E-state index contributed by atoms with van der Waals surface area (Å²) < 4.78 is 1.78. The van der Waals surface area contributed by atoms with Crippen LogP contribution in [0.25, 0.3) is 11.3 Å². The van der Waals surface area contributed by atoms with Crippen molar-refractivity contribution >= 4 is 5.91 Å². The van der Waals surface area contributed by atoms with Crippen molar-refractivity contribution < 1.29 is 4.79 Å². The first-order valence-electron chi connectivity index (χ1n) is 8.29. The van der Waals surface area contributed by atoms with Crippen LogP contribution in [0, 0.1) is 25.2 Å². The zero-order chi connectivity index (χ0) is 17.9. The van der Waals surface area contributed by atoms with Crippen LogP contribution in [0.1, 0.15) is 60.4 Å². The van der Waals surface area contributed by atoms with E-state index in [9.17, 15) is 4.79 Å². The summed E-state index contributed by atoms with van der Waals surface area (Å²) in [6.45, 7) is 10.5. The van der Waals surface area contributed by atoms with Gasteiger partial charge < -0.3 is 5.32 Å². The number of nitriles is 1. The predicted octanol–water partition coefficient (Wildman–Crippen LogP) is 3.76. The van der Waals surface area contributed by atoms with E-state index in [4.69, 9.17) is 5.26 Å². The zero-order valence-electron chi connectivity index (χ0n) is 15.0. The summed E-state index contributed by atoms with van der Waals surface area (Å²) in [6, 6.07) is 7.90. The van der Waals surface area contributed by atoms with E-state index in [1.54, 1.807) is 10.7 Å². The van der Waals surface area contributed by atoms with E-state index in [-0.39, 0.29) is 11.9 Å². The van der Waals surface area contributed by atoms with E-state index in [1.807, 2.05) is 46.8 Å². The van der Waals surface area contributed by atoms with Crippen LogP contribution in [-0.4, -0.2) is 22.2 Å². The molecule has 0 radical (unpaired) electrons. The number of hydrogen-bond donors (Lipinski definition) is 1. The van der Waals surface area contributed by atoms with Gasteiger partial charge in [-0.2, -0.15) is 10.4 Å². The molecule has 0 aliphatic carbocycles. The van der Waals surface area contributed by atoms with Crippen molar-refractivity contribution in [3.63, 3.8) is 0 Å². The molecule has 2 aromatic rings. The first kappa shape index (κ1) is 17.7. The summed E-state index contributed by atoms with van der Waals surface area (Å²) in [6.07, 6.45) is 0.891. The van der Waals surface area contributed by atoms with E-state index in [0.717, 1.165) is 28.8 Å². The molecule has 24 heavy (non-hydrogen) atoms. The Morgan fingerprint density at radius 1 is 1.38 bits per heavy atom. The summed E-state index contributed by atoms with van der Waals surface area (Å²) in [4.78, 5) is 12.5. The normalized spacial score (nSPS) is 10.7. The molecule has 5 nitrogen and oxygen atoms in total. The number of benzene rings is 1. The average Bonchev–Trinajstić information content (AvgIpc) is 2.90. The van der Waals surface area contributed by atoms with Crippen molar-refractivity contribution in [2.24, 2.45) is 0 Å². The Balaban J connectivity index is 2.55. The maximum atomic E-state index is 12.5. The molecule has 0 saturated carbocycles. The second kappa shape index (κ2) is 7.31. The molecule has 0 bridgehead atoms. The fourth-order valence-electron chi connectivity index (χ4n) is 2.70. The van der Waals surface area contributed by atoms with Gasteiger partial charge in [0.25, 0.3) is 5.91 Å². The summed E-state index contributed by atoms with van der Waals surface area (Å²) in [5, 5.41) is 16.7. The quantitative estimate of drug-likeness (QED) is 0.910. The summed E-state index contributed by atoms with van der Waals surface area (Å²) in [5.74, 6) is -0.0906. The summed E-state index contributed by atoms with van der Waals surface area (Å²) in [5.41, 5.74) is 4.74. The molecule has 0 atom stereocenters. The first-order valence-corrected chi connectivity index (χ1v) is 8.29. The third-order valence-electron chi connectivity index (χ3n) is 4.01. The molecule has 1 heterocycles. The van der Waals surface area contributed by atoms with Gasteiger partial charge in [0.1, 0.15) is 5.69 Å². The van der Waals surface area contributed by atoms with E-state index in [1.165, 1.54) is 0 Å². The van der Waals surface area contributed by atoms with Crippen LogP contribution in [0.15, 0.2) is 18.2 Å². The monoisotopic (exact) mass is 324 g/mol. The van der Waals surface area contributed by atoms with Gasteiger partial charge in [0.15, 0.2) is 0 Å². The van der Waals surface area contributed by atoms with E-state index in [0.29, 0.717) is 17.8 Å². The van der Waals surface area contributed by atoms with Gasteiger partial charge in [0.2, 0.25) is 0 Å². The molecule has 1 N–H and O–H groups in total. The van der Waals surface area contributed by atoms with Gasteiger partial charge in [-0.1, -0.05) is 13.0 Å². The minimum atomic E-state index is -0.0906. The highest BCUT2D eigenvalue weighted by Gasteiger charge is 2.22. The molecule has 1 aromatic carbocycles. The minimum absolute atomic E-state index is 0.0827. The second-order valence-electron chi connectivity index (χ2n) is 6.26. The number of nitrogens with one attached hydrogen (secondary N) is 1. The Morgan fingerprint density at radius 2 is 2.08 bits per heavy atom. The number of hydrogen-bond acceptors (Lipinski definition) is 3. The molecule has 0 spiro atoms. The first-order chi connectivity index (χ1) is 11.4. The minimum Gasteiger partial charge on any atom is -0.351 e. The largest absolute Gasteiger partial charge is 0.351 e. The lowest BCUT2D eigenvalue weighted by Crippen LogP contribution is -2.28. The standard InChI is InChI=1S/C19H24N4O/c1-6-9-21-19(24)18-14(5)17(22-23(18)12(2)3)15-7-8-16(11-20)13(4)10-15/h7-8,10,12H,6,9H2,1-5H3,(H,21,24). The van der Waals surface area contributed by atoms with E-state index >= 15 is 0 Å². The van der Waals surface area contributed by atoms with Crippen molar-refractivity contribution in [2.75, 3.05) is 6.54 Å². The molecule has 1 amide bonds. The van der Waals surface area contributed by atoms with E-state index in [2.05, 4.69) is 16.5 Å². The molecule has 5 heteroatoms. The topological polar surface area (TPSA) is 70.7 Å². The molecular formula is C19H24N4O.